The van der Waals surface area contributed by atoms with Crippen LogP contribution >= 0.6 is 0 Å². The standard InChI is InChI=1S/C26H28N6O3/c1-18-4-6-20(7-5-18)24-27-25(35-29-24)19(2)30-14-16-31(17-15-30)26(33)23-12-13-32(28-23)21-8-10-22(34-3)11-9-21/h4-13,19H,14-17H2,1-3H3. The Bertz CT molecular complexity index is 1290. The second-order valence-corrected chi connectivity index (χ2v) is 8.67. The zero-order chi connectivity index (χ0) is 24.4. The highest BCUT2D eigenvalue weighted by Gasteiger charge is 2.29. The maximum absolute atomic E-state index is 13.0. The average Bonchev–Trinajstić information content (AvgIpc) is 3.59. The Balaban J connectivity index is 1.19. The molecule has 35 heavy (non-hydrogen) atoms. The van der Waals surface area contributed by atoms with Crippen molar-refractivity contribution in [1.29, 1.82) is 0 Å². The number of amides is 1. The maximum atomic E-state index is 13.0. The lowest BCUT2D eigenvalue weighted by Crippen LogP contribution is -2.49. The number of piperazine rings is 1. The van der Waals surface area contributed by atoms with E-state index >= 15 is 0 Å². The van der Waals surface area contributed by atoms with E-state index in [1.807, 2.05) is 60.4 Å². The Labute approximate surface area is 203 Å². The second-order valence-electron chi connectivity index (χ2n) is 8.67. The van der Waals surface area contributed by atoms with Crippen LogP contribution < -0.4 is 4.74 Å². The van der Waals surface area contributed by atoms with Crippen LogP contribution in [-0.2, 0) is 0 Å². The van der Waals surface area contributed by atoms with Gasteiger partial charge in [0.25, 0.3) is 5.91 Å². The van der Waals surface area contributed by atoms with Gasteiger partial charge >= 0.3 is 0 Å². The van der Waals surface area contributed by atoms with Gasteiger partial charge in [0.05, 0.1) is 18.8 Å². The Hall–Kier alpha value is -3.98. The van der Waals surface area contributed by atoms with Crippen molar-refractivity contribution < 1.29 is 14.1 Å². The molecule has 0 radical (unpaired) electrons. The van der Waals surface area contributed by atoms with E-state index in [0.29, 0.717) is 43.6 Å². The number of aromatic nitrogens is 4. The van der Waals surface area contributed by atoms with E-state index in [-0.39, 0.29) is 11.9 Å². The second kappa shape index (κ2) is 9.71. The van der Waals surface area contributed by atoms with Crippen LogP contribution in [-0.4, -0.2) is 68.9 Å². The summed E-state index contributed by atoms with van der Waals surface area (Å²) in [7, 11) is 1.63. The minimum Gasteiger partial charge on any atom is -0.497 e. The third-order valence-corrected chi connectivity index (χ3v) is 6.40. The highest BCUT2D eigenvalue weighted by atomic mass is 16.5. The molecule has 0 N–H and O–H groups in total. The van der Waals surface area contributed by atoms with Crippen LogP contribution in [0.5, 0.6) is 5.75 Å². The van der Waals surface area contributed by atoms with E-state index in [2.05, 4.69) is 27.1 Å². The van der Waals surface area contributed by atoms with Crippen molar-refractivity contribution in [2.75, 3.05) is 33.3 Å². The van der Waals surface area contributed by atoms with Crippen LogP contribution in [0.2, 0.25) is 0 Å². The van der Waals surface area contributed by atoms with Gasteiger partial charge < -0.3 is 14.2 Å². The predicted molar refractivity (Wildman–Crippen MR) is 130 cm³/mol. The normalized spacial score (nSPS) is 15.2. The van der Waals surface area contributed by atoms with Gasteiger partial charge in [-0.05, 0) is 44.2 Å². The summed E-state index contributed by atoms with van der Waals surface area (Å²) in [4.78, 5) is 21.8. The SMILES string of the molecule is COc1ccc(-n2ccc(C(=O)N3CCN(C(C)c4nc(-c5ccc(C)cc5)no4)CC3)n2)cc1. The molecule has 9 nitrogen and oxygen atoms in total. The summed E-state index contributed by atoms with van der Waals surface area (Å²) in [6.07, 6.45) is 1.80. The van der Waals surface area contributed by atoms with Gasteiger partial charge in [0.1, 0.15) is 5.75 Å². The van der Waals surface area contributed by atoms with Crippen molar-refractivity contribution in [3.05, 3.63) is 77.9 Å². The first-order valence-corrected chi connectivity index (χ1v) is 11.7. The topological polar surface area (TPSA) is 89.5 Å². The minimum absolute atomic E-state index is 0.0340. The van der Waals surface area contributed by atoms with E-state index < -0.39 is 0 Å². The summed E-state index contributed by atoms with van der Waals surface area (Å²) in [6.45, 7) is 6.75. The average molecular weight is 473 g/mol. The van der Waals surface area contributed by atoms with E-state index in [4.69, 9.17) is 9.26 Å². The van der Waals surface area contributed by atoms with Gasteiger partial charge in [0.2, 0.25) is 11.7 Å². The molecule has 9 heteroatoms. The Kier molecular flexibility index (Phi) is 6.33. The fourth-order valence-corrected chi connectivity index (χ4v) is 4.17. The summed E-state index contributed by atoms with van der Waals surface area (Å²) < 4.78 is 12.5. The Morgan fingerprint density at radius 1 is 1.00 bits per heavy atom. The molecule has 4 aromatic rings. The van der Waals surface area contributed by atoms with Gasteiger partial charge in [0, 0.05) is 37.9 Å². The van der Waals surface area contributed by atoms with Crippen LogP contribution in [0.25, 0.3) is 17.1 Å². The molecule has 1 aliphatic heterocycles. The number of carbonyl (C=O) groups excluding carboxylic acids is 1. The quantitative estimate of drug-likeness (QED) is 0.422. The smallest absolute Gasteiger partial charge is 0.274 e. The van der Waals surface area contributed by atoms with Crippen molar-refractivity contribution in [2.24, 2.45) is 0 Å². The van der Waals surface area contributed by atoms with Crippen LogP contribution in [0, 0.1) is 6.92 Å². The molecule has 3 heterocycles. The molecule has 1 atom stereocenters. The molecule has 5 rings (SSSR count). The maximum Gasteiger partial charge on any atom is 0.274 e. The highest BCUT2D eigenvalue weighted by molar-refractivity contribution is 5.92. The summed E-state index contributed by atoms with van der Waals surface area (Å²) in [6, 6.07) is 17.3. The number of hydrogen-bond acceptors (Lipinski definition) is 7. The monoisotopic (exact) mass is 472 g/mol. The molecular formula is C26H28N6O3. The van der Waals surface area contributed by atoms with E-state index in [0.717, 1.165) is 17.0 Å². The van der Waals surface area contributed by atoms with Crippen molar-refractivity contribution >= 4 is 5.91 Å². The molecule has 180 valence electrons. The molecule has 0 saturated carbocycles. The molecular weight excluding hydrogens is 444 g/mol. The number of methoxy groups -OCH3 is 1. The molecule has 1 aliphatic rings. The largest absolute Gasteiger partial charge is 0.497 e. The van der Waals surface area contributed by atoms with E-state index in [1.54, 1.807) is 24.1 Å². The summed E-state index contributed by atoms with van der Waals surface area (Å²) in [5.74, 6) is 1.88. The third kappa shape index (κ3) is 4.81. The summed E-state index contributed by atoms with van der Waals surface area (Å²) >= 11 is 0. The van der Waals surface area contributed by atoms with Gasteiger partial charge in [-0.3, -0.25) is 9.69 Å². The summed E-state index contributed by atoms with van der Waals surface area (Å²) in [5, 5.41) is 8.64. The number of nitrogens with zero attached hydrogens (tertiary/aromatic N) is 6. The lowest BCUT2D eigenvalue weighted by Gasteiger charge is -2.36. The first-order valence-electron chi connectivity index (χ1n) is 11.7. The highest BCUT2D eigenvalue weighted by Crippen LogP contribution is 2.24. The van der Waals surface area contributed by atoms with Crippen LogP contribution in [0.15, 0.2) is 65.3 Å². The fraction of sp³-hybridized carbons (Fsp3) is 0.308. The van der Waals surface area contributed by atoms with Gasteiger partial charge in [-0.25, -0.2) is 4.68 Å². The van der Waals surface area contributed by atoms with Gasteiger partial charge in [-0.15, -0.1) is 0 Å². The summed E-state index contributed by atoms with van der Waals surface area (Å²) in [5.41, 5.74) is 3.42. The molecule has 0 spiro atoms. The lowest BCUT2D eigenvalue weighted by atomic mass is 10.1. The fourth-order valence-electron chi connectivity index (χ4n) is 4.17. The first-order chi connectivity index (χ1) is 17.0. The number of rotatable bonds is 6. The van der Waals surface area contributed by atoms with Gasteiger partial charge in [0.15, 0.2) is 5.69 Å². The van der Waals surface area contributed by atoms with Crippen molar-refractivity contribution in [3.8, 4) is 22.8 Å². The van der Waals surface area contributed by atoms with Crippen LogP contribution in [0.1, 0.15) is 34.9 Å². The number of hydrogen-bond donors (Lipinski definition) is 0. The Morgan fingerprint density at radius 3 is 2.40 bits per heavy atom. The number of ether oxygens (including phenoxy) is 1. The van der Waals surface area contributed by atoms with E-state index in [1.165, 1.54) is 5.56 Å². The minimum atomic E-state index is -0.0657. The van der Waals surface area contributed by atoms with Crippen molar-refractivity contribution in [2.45, 2.75) is 19.9 Å². The predicted octanol–water partition coefficient (Wildman–Crippen LogP) is 3.76. The van der Waals surface area contributed by atoms with Gasteiger partial charge in [-0.2, -0.15) is 10.1 Å². The molecule has 2 aromatic heterocycles. The van der Waals surface area contributed by atoms with Gasteiger partial charge in [-0.1, -0.05) is 35.0 Å². The Morgan fingerprint density at radius 2 is 1.71 bits per heavy atom. The molecule has 0 aliphatic carbocycles. The first kappa shape index (κ1) is 22.8. The van der Waals surface area contributed by atoms with Crippen LogP contribution in [0.3, 0.4) is 0 Å². The molecule has 0 bridgehead atoms. The number of benzene rings is 2. The molecule has 1 fully saturated rings. The van der Waals surface area contributed by atoms with E-state index in [9.17, 15) is 4.79 Å². The lowest BCUT2D eigenvalue weighted by molar-refractivity contribution is 0.0546. The van der Waals surface area contributed by atoms with Crippen molar-refractivity contribution in [3.63, 3.8) is 0 Å². The number of aryl methyl sites for hydroxylation is 1. The molecule has 1 unspecified atom stereocenters. The third-order valence-electron chi connectivity index (χ3n) is 6.40. The van der Waals surface area contributed by atoms with Crippen LogP contribution in [0.4, 0.5) is 0 Å². The molecule has 1 saturated heterocycles. The van der Waals surface area contributed by atoms with Crippen molar-refractivity contribution in [1.82, 2.24) is 29.7 Å². The zero-order valence-electron chi connectivity index (χ0n) is 20.1. The zero-order valence-corrected chi connectivity index (χ0v) is 20.1. The number of carbonyl (C=O) groups is 1. The molecule has 2 aromatic carbocycles. The molecule has 1 amide bonds.